The Bertz CT molecular complexity index is 1380. The number of hydrogen-bond acceptors (Lipinski definition) is 4. The molecule has 3 rings (SSSR count). The smallest absolute Gasteiger partial charge is 0.244 e. The van der Waals surface area contributed by atoms with Gasteiger partial charge in [0.25, 0.3) is 0 Å². The maximum Gasteiger partial charge on any atom is 0.244 e. The first-order chi connectivity index (χ1) is 18.5. The van der Waals surface area contributed by atoms with Crippen LogP contribution >= 0.6 is 15.9 Å². The first-order valence-electron chi connectivity index (χ1n) is 12.9. The van der Waals surface area contributed by atoms with Crippen molar-refractivity contribution in [3.8, 4) is 0 Å². The van der Waals surface area contributed by atoms with Crippen molar-refractivity contribution >= 4 is 43.5 Å². The third kappa shape index (κ3) is 8.41. The Morgan fingerprint density at radius 2 is 1.59 bits per heavy atom. The highest BCUT2D eigenvalue weighted by atomic mass is 79.9. The van der Waals surface area contributed by atoms with Gasteiger partial charge in [0.15, 0.2) is 0 Å². The van der Waals surface area contributed by atoms with E-state index in [0.717, 1.165) is 43.7 Å². The summed E-state index contributed by atoms with van der Waals surface area (Å²) < 4.78 is 27.9. The normalized spacial score (nSPS) is 12.0. The molecule has 0 radical (unpaired) electrons. The number of nitrogens with one attached hydrogen (secondary N) is 1. The molecule has 0 saturated heterocycles. The molecule has 0 spiro atoms. The average Bonchev–Trinajstić information content (AvgIpc) is 2.90. The lowest BCUT2D eigenvalue weighted by Gasteiger charge is -2.34. The molecule has 0 aliphatic heterocycles. The van der Waals surface area contributed by atoms with Gasteiger partial charge in [0.05, 0.1) is 11.9 Å². The van der Waals surface area contributed by atoms with Gasteiger partial charge < -0.3 is 10.2 Å². The molecule has 3 aromatic carbocycles. The van der Waals surface area contributed by atoms with Crippen LogP contribution in [-0.2, 0) is 32.6 Å². The predicted molar refractivity (Wildman–Crippen MR) is 160 cm³/mol. The molecule has 0 aliphatic carbocycles. The van der Waals surface area contributed by atoms with Gasteiger partial charge in [0, 0.05) is 24.0 Å². The number of aryl methyl sites for hydroxylation is 1. The molecule has 1 N–H and O–H groups in total. The predicted octanol–water partition coefficient (Wildman–Crippen LogP) is 5.00. The van der Waals surface area contributed by atoms with E-state index in [2.05, 4.69) is 21.2 Å². The van der Waals surface area contributed by atoms with E-state index in [1.54, 1.807) is 12.1 Å². The third-order valence-electron chi connectivity index (χ3n) is 6.61. The molecule has 3 aromatic rings. The average molecular weight is 615 g/mol. The van der Waals surface area contributed by atoms with Crippen LogP contribution in [0.3, 0.4) is 0 Å². The van der Waals surface area contributed by atoms with Crippen LogP contribution in [0, 0.1) is 13.8 Å². The molecule has 0 aliphatic rings. The standard InChI is InChI=1S/C30H36BrN3O4S/c1-5-18-32-30(36)28(19-24-11-7-6-8-12-24)33(20-25-14-16-26(31)17-15-25)29(35)21-34(39(4,37)38)27-13-9-10-22(2)23(27)3/h6-17,28H,5,18-21H2,1-4H3,(H,32,36)/t28-/m0/s1. The second kappa shape index (κ2) is 13.8. The third-order valence-corrected chi connectivity index (χ3v) is 8.27. The number of anilines is 1. The number of hydrogen-bond donors (Lipinski definition) is 1. The summed E-state index contributed by atoms with van der Waals surface area (Å²) >= 11 is 3.44. The highest BCUT2D eigenvalue weighted by Crippen LogP contribution is 2.26. The van der Waals surface area contributed by atoms with Crippen LogP contribution < -0.4 is 9.62 Å². The summed E-state index contributed by atoms with van der Waals surface area (Å²) in [4.78, 5) is 29.1. The summed E-state index contributed by atoms with van der Waals surface area (Å²) in [5.74, 6) is -0.736. The Morgan fingerprint density at radius 3 is 2.21 bits per heavy atom. The summed E-state index contributed by atoms with van der Waals surface area (Å²) in [5, 5.41) is 2.94. The Hall–Kier alpha value is -3.17. The first kappa shape index (κ1) is 30.4. The van der Waals surface area contributed by atoms with Crippen LogP contribution in [0.25, 0.3) is 0 Å². The van der Waals surface area contributed by atoms with E-state index in [9.17, 15) is 18.0 Å². The first-order valence-corrected chi connectivity index (χ1v) is 15.5. The monoisotopic (exact) mass is 613 g/mol. The van der Waals surface area contributed by atoms with Crippen molar-refractivity contribution in [1.29, 1.82) is 0 Å². The van der Waals surface area contributed by atoms with E-state index in [-0.39, 0.29) is 12.5 Å². The van der Waals surface area contributed by atoms with E-state index in [0.29, 0.717) is 18.7 Å². The second-order valence-corrected chi connectivity index (χ2v) is 12.5. The van der Waals surface area contributed by atoms with Gasteiger partial charge in [-0.05, 0) is 60.7 Å². The van der Waals surface area contributed by atoms with Crippen LogP contribution in [0.4, 0.5) is 5.69 Å². The fourth-order valence-electron chi connectivity index (χ4n) is 4.31. The van der Waals surface area contributed by atoms with Crippen molar-refractivity contribution < 1.29 is 18.0 Å². The zero-order valence-corrected chi connectivity index (χ0v) is 25.3. The largest absolute Gasteiger partial charge is 0.354 e. The molecule has 0 heterocycles. The molecular formula is C30H36BrN3O4S. The molecule has 9 heteroatoms. The quantitative estimate of drug-likeness (QED) is 0.311. The second-order valence-electron chi connectivity index (χ2n) is 9.63. The molecule has 0 saturated carbocycles. The van der Waals surface area contributed by atoms with Crippen LogP contribution in [0.5, 0.6) is 0 Å². The summed E-state index contributed by atoms with van der Waals surface area (Å²) in [7, 11) is -3.80. The zero-order chi connectivity index (χ0) is 28.6. The summed E-state index contributed by atoms with van der Waals surface area (Å²) in [6, 6.07) is 21.6. The highest BCUT2D eigenvalue weighted by molar-refractivity contribution is 9.10. The van der Waals surface area contributed by atoms with Gasteiger partial charge in [-0.3, -0.25) is 13.9 Å². The van der Waals surface area contributed by atoms with Gasteiger partial charge in [-0.15, -0.1) is 0 Å². The molecule has 0 aromatic heterocycles. The van der Waals surface area contributed by atoms with Crippen molar-refractivity contribution in [2.75, 3.05) is 23.7 Å². The van der Waals surface area contributed by atoms with Gasteiger partial charge in [-0.25, -0.2) is 8.42 Å². The number of nitrogens with zero attached hydrogens (tertiary/aromatic N) is 2. The van der Waals surface area contributed by atoms with Crippen molar-refractivity contribution in [3.63, 3.8) is 0 Å². The number of halogens is 1. The van der Waals surface area contributed by atoms with Gasteiger partial charge in [0.2, 0.25) is 21.8 Å². The number of sulfonamides is 1. The van der Waals surface area contributed by atoms with Crippen molar-refractivity contribution in [2.24, 2.45) is 0 Å². The number of carbonyl (C=O) groups excluding carboxylic acids is 2. The van der Waals surface area contributed by atoms with E-state index < -0.39 is 28.5 Å². The van der Waals surface area contributed by atoms with Gasteiger partial charge >= 0.3 is 0 Å². The van der Waals surface area contributed by atoms with Crippen LogP contribution in [0.1, 0.15) is 35.6 Å². The summed E-state index contributed by atoms with van der Waals surface area (Å²) in [6.45, 7) is 5.89. The van der Waals surface area contributed by atoms with Gasteiger partial charge in [-0.1, -0.05) is 77.5 Å². The summed E-state index contributed by atoms with van der Waals surface area (Å²) in [5.41, 5.74) is 3.87. The molecule has 7 nitrogen and oxygen atoms in total. The molecule has 0 unspecified atom stereocenters. The molecule has 2 amide bonds. The van der Waals surface area contributed by atoms with Crippen molar-refractivity contribution in [3.05, 3.63) is 99.5 Å². The molecule has 1 atom stereocenters. The molecule has 0 fully saturated rings. The Morgan fingerprint density at radius 1 is 0.923 bits per heavy atom. The van der Waals surface area contributed by atoms with Crippen LogP contribution in [0.2, 0.25) is 0 Å². The SMILES string of the molecule is CCCNC(=O)[C@H](Cc1ccccc1)N(Cc1ccc(Br)cc1)C(=O)CN(c1cccc(C)c1C)S(C)(=O)=O. The van der Waals surface area contributed by atoms with E-state index in [1.165, 1.54) is 4.90 Å². The lowest BCUT2D eigenvalue weighted by Crippen LogP contribution is -2.53. The zero-order valence-electron chi connectivity index (χ0n) is 22.9. The minimum Gasteiger partial charge on any atom is -0.354 e. The Labute approximate surface area is 240 Å². The molecular weight excluding hydrogens is 578 g/mol. The molecule has 0 bridgehead atoms. The fraction of sp³-hybridized carbons (Fsp3) is 0.333. The lowest BCUT2D eigenvalue weighted by molar-refractivity contribution is -0.140. The summed E-state index contributed by atoms with van der Waals surface area (Å²) in [6.07, 6.45) is 2.14. The van der Waals surface area contributed by atoms with E-state index in [1.807, 2.05) is 81.4 Å². The maximum absolute atomic E-state index is 14.1. The maximum atomic E-state index is 14.1. The number of rotatable bonds is 12. The molecule has 208 valence electrons. The van der Waals surface area contributed by atoms with Crippen molar-refractivity contribution in [1.82, 2.24) is 10.2 Å². The van der Waals surface area contributed by atoms with Crippen LogP contribution in [0.15, 0.2) is 77.3 Å². The number of benzene rings is 3. The fourth-order valence-corrected chi connectivity index (χ4v) is 5.47. The minimum absolute atomic E-state index is 0.146. The van der Waals surface area contributed by atoms with Gasteiger partial charge in [0.1, 0.15) is 12.6 Å². The van der Waals surface area contributed by atoms with Gasteiger partial charge in [-0.2, -0.15) is 0 Å². The number of carbonyl (C=O) groups is 2. The molecule has 39 heavy (non-hydrogen) atoms. The van der Waals surface area contributed by atoms with Crippen LogP contribution in [-0.4, -0.2) is 50.5 Å². The number of amides is 2. The topological polar surface area (TPSA) is 86.8 Å². The minimum atomic E-state index is -3.80. The Kier molecular flexibility index (Phi) is 10.7. The van der Waals surface area contributed by atoms with Crippen molar-refractivity contribution in [2.45, 2.75) is 46.2 Å². The lowest BCUT2D eigenvalue weighted by atomic mass is 10.0. The van der Waals surface area contributed by atoms with E-state index in [4.69, 9.17) is 0 Å². The van der Waals surface area contributed by atoms with E-state index >= 15 is 0 Å². The Balaban J connectivity index is 2.06. The highest BCUT2D eigenvalue weighted by Gasteiger charge is 2.33.